The Bertz CT molecular complexity index is 341. The Morgan fingerprint density at radius 3 is 2.06 bits per heavy atom. The molecule has 2 atom stereocenters. The molecule has 0 aromatic heterocycles. The molecule has 0 saturated carbocycles. The van der Waals surface area contributed by atoms with Gasteiger partial charge >= 0.3 is 0 Å². The van der Waals surface area contributed by atoms with Crippen LogP contribution in [-0.2, 0) is 11.2 Å². The highest BCUT2D eigenvalue weighted by Gasteiger charge is 2.17. The van der Waals surface area contributed by atoms with Crippen molar-refractivity contribution >= 4 is 5.78 Å². The van der Waals surface area contributed by atoms with Crippen molar-refractivity contribution in [1.29, 1.82) is 0 Å². The van der Waals surface area contributed by atoms with E-state index in [1.54, 1.807) is 6.92 Å². The predicted molar refractivity (Wildman–Crippen MR) is 78.9 cm³/mol. The van der Waals surface area contributed by atoms with Gasteiger partial charge in [-0.15, -0.1) is 0 Å². The summed E-state index contributed by atoms with van der Waals surface area (Å²) in [7, 11) is 0. The Hall–Kier alpha value is -1.15. The summed E-state index contributed by atoms with van der Waals surface area (Å²) in [6.45, 7) is 9.70. The van der Waals surface area contributed by atoms with Crippen molar-refractivity contribution in [3.8, 4) is 0 Å². The van der Waals surface area contributed by atoms with Gasteiger partial charge in [-0.05, 0) is 37.8 Å². The van der Waals surface area contributed by atoms with E-state index in [1.165, 1.54) is 5.56 Å². The molecule has 0 aliphatic heterocycles. The van der Waals surface area contributed by atoms with Crippen LogP contribution < -0.4 is 5.73 Å². The highest BCUT2D eigenvalue weighted by atomic mass is 16.1. The number of rotatable bonds is 5. The van der Waals surface area contributed by atoms with Crippen molar-refractivity contribution in [1.82, 2.24) is 0 Å². The fourth-order valence-electron chi connectivity index (χ4n) is 1.89. The molecule has 0 spiro atoms. The van der Waals surface area contributed by atoms with E-state index in [1.807, 2.05) is 32.9 Å². The van der Waals surface area contributed by atoms with Crippen LogP contribution in [-0.4, -0.2) is 11.8 Å². The Balaban J connectivity index is 0.00000137. The van der Waals surface area contributed by atoms with Gasteiger partial charge in [0.25, 0.3) is 0 Å². The minimum absolute atomic E-state index is 0.0501. The zero-order chi connectivity index (χ0) is 14.1. The van der Waals surface area contributed by atoms with Gasteiger partial charge in [-0.3, -0.25) is 4.79 Å². The monoisotopic (exact) mass is 249 g/mol. The number of hydrogen-bond acceptors (Lipinski definition) is 2. The third-order valence-electron chi connectivity index (χ3n) is 2.89. The summed E-state index contributed by atoms with van der Waals surface area (Å²) >= 11 is 0. The lowest BCUT2D eigenvalue weighted by atomic mass is 9.89. The van der Waals surface area contributed by atoms with Gasteiger partial charge in [0.1, 0.15) is 5.78 Å². The molecule has 0 radical (unpaired) electrons. The summed E-state index contributed by atoms with van der Waals surface area (Å²) in [5.41, 5.74) is 8.16. The number of hydrogen-bond donors (Lipinski definition) is 1. The standard InChI is InChI=1S/C14H21NO.C2H6/c1-4-12-5-7-13(8-6-12)14(11(3)16)9-10(2)15;1-2/h5-8,10,14H,4,9,15H2,1-3H3;1-2H3. The average molecular weight is 249 g/mol. The summed E-state index contributed by atoms with van der Waals surface area (Å²) in [5.74, 6) is 0.146. The van der Waals surface area contributed by atoms with Crippen LogP contribution in [0, 0.1) is 0 Å². The van der Waals surface area contributed by atoms with Crippen LogP contribution in [0.25, 0.3) is 0 Å². The fraction of sp³-hybridized carbons (Fsp3) is 0.562. The van der Waals surface area contributed by atoms with Gasteiger partial charge in [0.05, 0.1) is 0 Å². The van der Waals surface area contributed by atoms with Crippen molar-refractivity contribution in [2.45, 2.75) is 59.4 Å². The Labute approximate surface area is 112 Å². The average Bonchev–Trinajstić information content (AvgIpc) is 2.38. The Kier molecular flexibility index (Phi) is 8.30. The van der Waals surface area contributed by atoms with Gasteiger partial charge in [-0.1, -0.05) is 45.0 Å². The first-order chi connectivity index (χ1) is 8.54. The van der Waals surface area contributed by atoms with E-state index in [0.717, 1.165) is 18.4 Å². The molecule has 1 rings (SSSR count). The molecule has 1 aromatic rings. The van der Waals surface area contributed by atoms with Crippen LogP contribution >= 0.6 is 0 Å². The van der Waals surface area contributed by atoms with E-state index in [2.05, 4.69) is 19.1 Å². The van der Waals surface area contributed by atoms with Crippen LogP contribution in [0.1, 0.15) is 58.1 Å². The lowest BCUT2D eigenvalue weighted by molar-refractivity contribution is -0.118. The second-order valence-corrected chi connectivity index (χ2v) is 4.47. The first-order valence-electron chi connectivity index (χ1n) is 6.89. The van der Waals surface area contributed by atoms with Crippen molar-refractivity contribution in [3.63, 3.8) is 0 Å². The van der Waals surface area contributed by atoms with E-state index in [-0.39, 0.29) is 17.7 Å². The molecule has 18 heavy (non-hydrogen) atoms. The third-order valence-corrected chi connectivity index (χ3v) is 2.89. The van der Waals surface area contributed by atoms with Gasteiger partial charge in [0.15, 0.2) is 0 Å². The lowest BCUT2D eigenvalue weighted by Gasteiger charge is -2.16. The quantitative estimate of drug-likeness (QED) is 0.865. The largest absolute Gasteiger partial charge is 0.328 e. The number of ketones is 1. The van der Waals surface area contributed by atoms with Crippen LogP contribution in [0.3, 0.4) is 0 Å². The topological polar surface area (TPSA) is 43.1 Å². The number of carbonyl (C=O) groups is 1. The second kappa shape index (κ2) is 8.87. The van der Waals surface area contributed by atoms with E-state index in [4.69, 9.17) is 5.73 Å². The summed E-state index contributed by atoms with van der Waals surface area (Å²) in [6.07, 6.45) is 1.75. The smallest absolute Gasteiger partial charge is 0.137 e. The van der Waals surface area contributed by atoms with Crippen molar-refractivity contribution in [3.05, 3.63) is 35.4 Å². The van der Waals surface area contributed by atoms with E-state index in [0.29, 0.717) is 0 Å². The molecule has 2 nitrogen and oxygen atoms in total. The van der Waals surface area contributed by atoms with Gasteiger partial charge in [0, 0.05) is 12.0 Å². The number of nitrogens with two attached hydrogens (primary N) is 1. The fourth-order valence-corrected chi connectivity index (χ4v) is 1.89. The zero-order valence-electron chi connectivity index (χ0n) is 12.4. The first-order valence-corrected chi connectivity index (χ1v) is 6.89. The lowest BCUT2D eigenvalue weighted by Crippen LogP contribution is -2.22. The molecule has 0 bridgehead atoms. The van der Waals surface area contributed by atoms with E-state index in [9.17, 15) is 4.79 Å². The summed E-state index contributed by atoms with van der Waals surface area (Å²) < 4.78 is 0. The normalized spacial score (nSPS) is 13.2. The van der Waals surface area contributed by atoms with Crippen molar-refractivity contribution < 1.29 is 4.79 Å². The maximum atomic E-state index is 11.6. The van der Waals surface area contributed by atoms with Crippen LogP contribution in [0.5, 0.6) is 0 Å². The molecule has 0 aliphatic carbocycles. The molecule has 2 N–H and O–H groups in total. The Morgan fingerprint density at radius 1 is 1.22 bits per heavy atom. The highest BCUT2D eigenvalue weighted by Crippen LogP contribution is 2.22. The highest BCUT2D eigenvalue weighted by molar-refractivity contribution is 5.83. The number of carbonyl (C=O) groups excluding carboxylic acids is 1. The van der Waals surface area contributed by atoms with Gasteiger partial charge in [-0.2, -0.15) is 0 Å². The summed E-state index contributed by atoms with van der Waals surface area (Å²) in [4.78, 5) is 11.6. The molecule has 0 amide bonds. The van der Waals surface area contributed by atoms with Crippen molar-refractivity contribution in [2.75, 3.05) is 0 Å². The SMILES string of the molecule is CC.CCc1ccc(C(CC(C)N)C(C)=O)cc1. The molecule has 1 aromatic carbocycles. The second-order valence-electron chi connectivity index (χ2n) is 4.47. The van der Waals surface area contributed by atoms with Gasteiger partial charge < -0.3 is 5.73 Å². The zero-order valence-corrected chi connectivity index (χ0v) is 12.4. The summed E-state index contributed by atoms with van der Waals surface area (Å²) in [5, 5.41) is 0. The molecular formula is C16H27NO. The van der Waals surface area contributed by atoms with Gasteiger partial charge in [-0.25, -0.2) is 0 Å². The van der Waals surface area contributed by atoms with Gasteiger partial charge in [0.2, 0.25) is 0 Å². The minimum Gasteiger partial charge on any atom is -0.328 e. The number of Topliss-reactive ketones (excluding diaryl/α,β-unsaturated/α-hetero) is 1. The molecular weight excluding hydrogens is 222 g/mol. The molecule has 0 heterocycles. The molecule has 2 unspecified atom stereocenters. The molecule has 102 valence electrons. The number of benzene rings is 1. The summed E-state index contributed by atoms with van der Waals surface area (Å²) in [6, 6.07) is 8.33. The number of aryl methyl sites for hydroxylation is 1. The van der Waals surface area contributed by atoms with Crippen LogP contribution in [0.4, 0.5) is 0 Å². The maximum absolute atomic E-state index is 11.6. The van der Waals surface area contributed by atoms with Crippen molar-refractivity contribution in [2.24, 2.45) is 5.73 Å². The molecule has 0 fully saturated rings. The Morgan fingerprint density at radius 2 is 1.72 bits per heavy atom. The molecule has 2 heteroatoms. The predicted octanol–water partition coefficient (Wildman–Crippen LogP) is 3.69. The third kappa shape index (κ3) is 5.46. The van der Waals surface area contributed by atoms with Crippen LogP contribution in [0.2, 0.25) is 0 Å². The van der Waals surface area contributed by atoms with E-state index < -0.39 is 0 Å². The first kappa shape index (κ1) is 16.9. The molecule has 0 aliphatic rings. The minimum atomic E-state index is -0.0501. The van der Waals surface area contributed by atoms with E-state index >= 15 is 0 Å². The molecule has 0 saturated heterocycles. The maximum Gasteiger partial charge on any atom is 0.137 e. The van der Waals surface area contributed by atoms with Crippen LogP contribution in [0.15, 0.2) is 24.3 Å².